The van der Waals surface area contributed by atoms with Crippen molar-refractivity contribution < 1.29 is 39.3 Å². The highest BCUT2D eigenvalue weighted by atomic mass is 32.1. The predicted molar refractivity (Wildman–Crippen MR) is 184 cm³/mol. The SMILES string of the molecule is CC1c2ccc(Nc3nc(-c4ccc(-c5ccccc5)cc4)cs3)c(O)c2C(=O)C2C(=O)C3(O)C(=O)C(C(N)=O)C(=O)C(N(C)C)C3C(O)C21. The smallest absolute Gasteiger partial charge is 0.235 e. The fourth-order valence-electron chi connectivity index (χ4n) is 8.13. The van der Waals surface area contributed by atoms with E-state index >= 15 is 0 Å². The van der Waals surface area contributed by atoms with E-state index in [1.54, 1.807) is 19.1 Å². The van der Waals surface area contributed by atoms with E-state index in [0.717, 1.165) is 16.7 Å². The number of hydrogen-bond acceptors (Lipinski definition) is 12. The number of aliphatic hydroxyl groups excluding tert-OH is 1. The number of ketones is 4. The third kappa shape index (κ3) is 4.83. The number of phenolic OH excluding ortho intramolecular Hbond substituents is 1. The van der Waals surface area contributed by atoms with Gasteiger partial charge in [0, 0.05) is 16.9 Å². The van der Waals surface area contributed by atoms with E-state index < -0.39 is 82.1 Å². The number of aromatic nitrogens is 1. The summed E-state index contributed by atoms with van der Waals surface area (Å²) >= 11 is 1.28. The Kier molecular flexibility index (Phi) is 8.06. The van der Waals surface area contributed by atoms with Crippen molar-refractivity contribution in [3.63, 3.8) is 0 Å². The molecule has 3 aromatic carbocycles. The van der Waals surface area contributed by atoms with Crippen LogP contribution < -0.4 is 11.1 Å². The summed E-state index contributed by atoms with van der Waals surface area (Å²) < 4.78 is 0. The number of rotatable bonds is 6. The summed E-state index contributed by atoms with van der Waals surface area (Å²) in [6, 6.07) is 19.6. The second kappa shape index (κ2) is 12.1. The number of anilines is 2. The average Bonchev–Trinajstić information content (AvgIpc) is 3.56. The Morgan fingerprint density at radius 1 is 0.940 bits per heavy atom. The highest BCUT2D eigenvalue weighted by molar-refractivity contribution is 7.14. The van der Waals surface area contributed by atoms with Crippen molar-refractivity contribution in [3.8, 4) is 28.1 Å². The number of thiazole rings is 1. The number of nitrogens with one attached hydrogen (secondary N) is 1. The number of carbonyl (C=O) groups is 5. The van der Waals surface area contributed by atoms with Crippen LogP contribution in [0.1, 0.15) is 28.8 Å². The van der Waals surface area contributed by atoms with E-state index in [2.05, 4.69) is 10.3 Å². The maximum Gasteiger partial charge on any atom is 0.235 e. The number of aromatic hydroxyl groups is 1. The number of benzene rings is 3. The number of hydrogen-bond donors (Lipinski definition) is 5. The molecule has 13 heteroatoms. The van der Waals surface area contributed by atoms with Gasteiger partial charge in [-0.05, 0) is 42.8 Å². The highest BCUT2D eigenvalue weighted by Crippen LogP contribution is 2.55. The quantitative estimate of drug-likeness (QED) is 0.147. The van der Waals surface area contributed by atoms with E-state index in [0.29, 0.717) is 16.4 Å². The first-order valence-corrected chi connectivity index (χ1v) is 16.9. The molecule has 6 N–H and O–H groups in total. The molecular formula is C37H34N4O8S. The van der Waals surface area contributed by atoms with Crippen LogP contribution in [0.25, 0.3) is 22.4 Å². The van der Waals surface area contributed by atoms with Crippen molar-refractivity contribution in [1.29, 1.82) is 0 Å². The standard InChI is InChI=1S/C37H34N4O8S/c1-16-20-13-14-21(39-36-40-22(15-50-36)19-11-9-18(10-12-19)17-7-5-4-6-8-17)29(42)24(20)30(43)25-23(16)31(44)27-28(41(2)3)32(45)26(35(38)48)34(47)37(27,49)33(25)46/h4-16,23,25-28,31,42,44,49H,1-3H3,(H2,38,48)(H,39,40). The van der Waals surface area contributed by atoms with Gasteiger partial charge in [0.05, 0.1) is 40.9 Å². The van der Waals surface area contributed by atoms with Crippen molar-refractivity contribution in [1.82, 2.24) is 9.88 Å². The predicted octanol–water partition coefficient (Wildman–Crippen LogP) is 2.93. The van der Waals surface area contributed by atoms with E-state index in [1.807, 2.05) is 60.0 Å². The molecule has 2 fully saturated rings. The topological polar surface area (TPSA) is 200 Å². The van der Waals surface area contributed by atoms with Crippen LogP contribution in [0.3, 0.4) is 0 Å². The molecule has 4 aromatic rings. The number of primary amides is 1. The first kappa shape index (κ1) is 33.4. The summed E-state index contributed by atoms with van der Waals surface area (Å²) in [5.41, 5.74) is 6.31. The molecule has 50 heavy (non-hydrogen) atoms. The largest absolute Gasteiger partial charge is 0.505 e. The molecular weight excluding hydrogens is 660 g/mol. The second-order valence-corrected chi connectivity index (χ2v) is 14.3. The number of carbonyl (C=O) groups excluding carboxylic acids is 5. The molecule has 0 spiro atoms. The van der Waals surface area contributed by atoms with Gasteiger partial charge >= 0.3 is 0 Å². The van der Waals surface area contributed by atoms with Crippen LogP contribution in [0.4, 0.5) is 10.8 Å². The Balaban J connectivity index is 1.21. The minimum atomic E-state index is -3.06. The number of nitrogens with two attached hydrogens (primary N) is 1. The zero-order chi connectivity index (χ0) is 35.8. The second-order valence-electron chi connectivity index (χ2n) is 13.4. The molecule has 0 radical (unpaired) electrons. The van der Waals surface area contributed by atoms with Crippen LogP contribution >= 0.6 is 11.3 Å². The number of phenols is 1. The Labute approximate surface area is 290 Å². The first-order valence-electron chi connectivity index (χ1n) is 16.0. The number of Topliss-reactive ketones (excluding diaryl/α,β-unsaturated/α-hetero) is 4. The Bertz CT molecular complexity index is 2080. The minimum Gasteiger partial charge on any atom is -0.505 e. The lowest BCUT2D eigenvalue weighted by Crippen LogP contribution is -2.77. The van der Waals surface area contributed by atoms with Crippen molar-refractivity contribution in [2.45, 2.75) is 30.6 Å². The molecule has 7 rings (SSSR count). The monoisotopic (exact) mass is 694 g/mol. The van der Waals surface area contributed by atoms with Crippen molar-refractivity contribution in [2.75, 3.05) is 19.4 Å². The maximum atomic E-state index is 14.2. The van der Waals surface area contributed by atoms with Crippen LogP contribution in [0.2, 0.25) is 0 Å². The van der Waals surface area contributed by atoms with Crippen LogP contribution in [0, 0.1) is 23.7 Å². The molecule has 3 aliphatic carbocycles. The fourth-order valence-corrected chi connectivity index (χ4v) is 8.87. The van der Waals surface area contributed by atoms with Crippen LogP contribution in [0.15, 0.2) is 72.1 Å². The summed E-state index contributed by atoms with van der Waals surface area (Å²) in [5.74, 6) is -13.8. The lowest BCUT2D eigenvalue weighted by Gasteiger charge is -2.56. The summed E-state index contributed by atoms with van der Waals surface area (Å²) in [4.78, 5) is 73.6. The van der Waals surface area contributed by atoms with Gasteiger partial charge < -0.3 is 26.4 Å². The lowest BCUT2D eigenvalue weighted by atomic mass is 9.49. The molecule has 0 bridgehead atoms. The van der Waals surface area contributed by atoms with E-state index in [4.69, 9.17) is 5.73 Å². The summed E-state index contributed by atoms with van der Waals surface area (Å²) in [6.07, 6.45) is -1.70. The van der Waals surface area contributed by atoms with Gasteiger partial charge in [0.2, 0.25) is 5.91 Å². The van der Waals surface area contributed by atoms with Gasteiger partial charge in [0.15, 0.2) is 39.8 Å². The van der Waals surface area contributed by atoms with Crippen molar-refractivity contribution in [2.24, 2.45) is 29.4 Å². The summed E-state index contributed by atoms with van der Waals surface area (Å²) in [7, 11) is 2.90. The molecule has 0 aliphatic heterocycles. The van der Waals surface area contributed by atoms with Gasteiger partial charge in [-0.15, -0.1) is 11.3 Å². The average molecular weight is 695 g/mol. The number of likely N-dealkylation sites (N-methyl/N-ethyl adjacent to an activating group) is 1. The van der Waals surface area contributed by atoms with E-state index in [-0.39, 0.29) is 11.3 Å². The molecule has 256 valence electrons. The Morgan fingerprint density at radius 3 is 2.22 bits per heavy atom. The third-order valence-corrected chi connectivity index (χ3v) is 11.3. The molecule has 8 unspecified atom stereocenters. The molecule has 12 nitrogen and oxygen atoms in total. The van der Waals surface area contributed by atoms with E-state index in [1.165, 1.54) is 30.3 Å². The fraction of sp³-hybridized carbons (Fsp3) is 0.297. The van der Waals surface area contributed by atoms with Gasteiger partial charge in [0.25, 0.3) is 0 Å². The number of aliphatic hydroxyl groups is 2. The summed E-state index contributed by atoms with van der Waals surface area (Å²) in [6.45, 7) is 1.66. The van der Waals surface area contributed by atoms with Gasteiger partial charge in [-0.25, -0.2) is 4.98 Å². The van der Waals surface area contributed by atoms with Crippen LogP contribution in [-0.4, -0.2) is 86.1 Å². The first-order chi connectivity index (χ1) is 23.8. The Morgan fingerprint density at radius 2 is 1.58 bits per heavy atom. The zero-order valence-corrected chi connectivity index (χ0v) is 28.0. The third-order valence-electron chi connectivity index (χ3n) is 10.5. The molecule has 1 amide bonds. The number of nitrogens with zero attached hydrogens (tertiary/aromatic N) is 2. The van der Waals surface area contributed by atoms with Gasteiger partial charge in [-0.1, -0.05) is 67.6 Å². The molecule has 3 aliphatic rings. The zero-order valence-electron chi connectivity index (χ0n) is 27.2. The lowest BCUT2D eigenvalue weighted by molar-refractivity contribution is -0.196. The Hall–Kier alpha value is -5.08. The molecule has 8 atom stereocenters. The van der Waals surface area contributed by atoms with Crippen LogP contribution in [-0.2, 0) is 19.2 Å². The normalized spacial score (nSPS) is 29.0. The van der Waals surface area contributed by atoms with Crippen LogP contribution in [0.5, 0.6) is 5.75 Å². The van der Waals surface area contributed by atoms with Gasteiger partial charge in [-0.2, -0.15) is 0 Å². The molecule has 2 saturated carbocycles. The van der Waals surface area contributed by atoms with Crippen molar-refractivity contribution in [3.05, 3.63) is 83.2 Å². The molecule has 1 heterocycles. The van der Waals surface area contributed by atoms with E-state index in [9.17, 15) is 39.3 Å². The van der Waals surface area contributed by atoms with Gasteiger partial charge in [-0.3, -0.25) is 28.9 Å². The number of fused-ring (bicyclic) bond motifs is 3. The molecule has 0 saturated heterocycles. The summed E-state index contributed by atoms with van der Waals surface area (Å²) in [5, 5.41) is 40.4. The minimum absolute atomic E-state index is 0.129. The maximum absolute atomic E-state index is 14.2. The highest BCUT2D eigenvalue weighted by Gasteiger charge is 2.72. The molecule has 1 aromatic heterocycles. The van der Waals surface area contributed by atoms with Gasteiger partial charge in [0.1, 0.15) is 5.75 Å². The van der Waals surface area contributed by atoms with Crippen molar-refractivity contribution >= 4 is 51.2 Å². The number of amides is 1.